The summed E-state index contributed by atoms with van der Waals surface area (Å²) >= 11 is 5.85. The molecule has 2 aromatic carbocycles. The molecule has 0 saturated carbocycles. The molecule has 5 rings (SSSR count). The van der Waals surface area contributed by atoms with E-state index in [1.807, 2.05) is 0 Å². The molecule has 0 spiro atoms. The van der Waals surface area contributed by atoms with Crippen molar-refractivity contribution in [1.29, 1.82) is 0 Å². The number of anilines is 2. The third kappa shape index (κ3) is 7.29. The van der Waals surface area contributed by atoms with Crippen LogP contribution in [0.4, 0.5) is 33.6 Å². The molecular weight excluding hydrogens is 619 g/mol. The van der Waals surface area contributed by atoms with Crippen molar-refractivity contribution in [2.24, 2.45) is 0 Å². The van der Waals surface area contributed by atoms with Crippen LogP contribution in [0.15, 0.2) is 54.9 Å². The molecule has 2 aromatic heterocycles. The van der Waals surface area contributed by atoms with Crippen molar-refractivity contribution < 1.29 is 35.1 Å². The van der Waals surface area contributed by atoms with Crippen molar-refractivity contribution in [3.63, 3.8) is 0 Å². The molecule has 0 bridgehead atoms. The van der Waals surface area contributed by atoms with Crippen LogP contribution in [0.25, 0.3) is 11.3 Å². The summed E-state index contributed by atoms with van der Waals surface area (Å²) in [6.45, 7) is 0.753. The van der Waals surface area contributed by atoms with Crippen LogP contribution in [-0.2, 0) is 15.8 Å². The fourth-order valence-electron chi connectivity index (χ4n) is 4.31. The van der Waals surface area contributed by atoms with E-state index in [9.17, 15) is 26.0 Å². The van der Waals surface area contributed by atoms with E-state index < -0.39 is 56.7 Å². The van der Waals surface area contributed by atoms with Crippen LogP contribution in [0.3, 0.4) is 0 Å². The Balaban J connectivity index is 1.38. The van der Waals surface area contributed by atoms with Crippen LogP contribution in [-0.4, -0.2) is 48.7 Å². The van der Waals surface area contributed by atoms with E-state index in [0.29, 0.717) is 12.6 Å². The van der Waals surface area contributed by atoms with Gasteiger partial charge in [0.15, 0.2) is 17.4 Å². The second kappa shape index (κ2) is 12.7. The predicted octanol–water partition coefficient (Wildman–Crippen LogP) is 5.59. The van der Waals surface area contributed by atoms with E-state index >= 15 is 4.39 Å². The van der Waals surface area contributed by atoms with Crippen LogP contribution in [0.1, 0.15) is 12.0 Å². The van der Waals surface area contributed by atoms with Crippen LogP contribution in [0, 0.1) is 23.3 Å². The third-order valence-corrected chi connectivity index (χ3v) is 7.84. The second-order valence-corrected chi connectivity index (χ2v) is 11.6. The molecule has 4 aromatic rings. The zero-order valence-corrected chi connectivity index (χ0v) is 23.5. The molecule has 3 N–H and O–H groups in total. The molecule has 0 radical (unpaired) electrons. The number of pyridine rings is 1. The van der Waals surface area contributed by atoms with Crippen molar-refractivity contribution in [3.8, 4) is 22.9 Å². The Labute approximate surface area is 247 Å². The maximum absolute atomic E-state index is 15.1. The average Bonchev–Trinajstić information content (AvgIpc) is 2.96. The highest BCUT2D eigenvalue weighted by molar-refractivity contribution is 7.91. The Bertz CT molecular complexity index is 1770. The minimum atomic E-state index is -4.52. The lowest BCUT2D eigenvalue weighted by atomic mass is 10.1. The number of aromatic nitrogens is 3. The largest absolute Gasteiger partial charge is 0.435 e. The molecule has 1 aliphatic heterocycles. The summed E-state index contributed by atoms with van der Waals surface area (Å²) in [6.07, 6.45) is 1.94. The zero-order chi connectivity index (χ0) is 30.7. The summed E-state index contributed by atoms with van der Waals surface area (Å²) in [5.74, 6) is -7.66. The zero-order valence-electron chi connectivity index (χ0n) is 21.9. The number of halogens is 6. The summed E-state index contributed by atoms with van der Waals surface area (Å²) in [5, 5.41) is 5.77. The van der Waals surface area contributed by atoms with E-state index in [0.717, 1.165) is 18.2 Å². The lowest BCUT2D eigenvalue weighted by molar-refractivity contribution is 0.254. The maximum Gasteiger partial charge on any atom is 0.237 e. The maximum atomic E-state index is 15.1. The van der Waals surface area contributed by atoms with Gasteiger partial charge in [-0.05, 0) is 35.9 Å². The smallest absolute Gasteiger partial charge is 0.237 e. The average molecular weight is 641 g/mol. The number of hydrogen-bond acceptors (Lipinski definition) is 8. The Morgan fingerprint density at radius 3 is 2.60 bits per heavy atom. The number of nitrogens with one attached hydrogen (secondary N) is 3. The second-order valence-electron chi connectivity index (χ2n) is 9.51. The molecule has 0 aliphatic carbocycles. The standard InChI is InChI=1S/C27H22ClF5N6O3S/c28-19-9-15(29)4-3-14(19)13-43(40,41)39-25-20(31)10-22(23(32)24(25)33)42-26-18(2-1-6-35-26)21-5-7-36-27(38-21)37-17-8-16(30)11-34-12-17/h1-7,9-10,16-17,34,39H,8,11-13H2,(H,36,37,38)/t16-,17-/m0/s1. The van der Waals surface area contributed by atoms with Gasteiger partial charge in [-0.25, -0.2) is 40.9 Å². The molecule has 226 valence electrons. The summed E-state index contributed by atoms with van der Waals surface area (Å²) in [5.41, 5.74) is -0.876. The molecule has 0 unspecified atom stereocenters. The van der Waals surface area contributed by atoms with Gasteiger partial charge in [0.05, 0.1) is 17.0 Å². The lowest BCUT2D eigenvalue weighted by Gasteiger charge is -2.26. The van der Waals surface area contributed by atoms with Gasteiger partial charge in [0.25, 0.3) is 0 Å². The monoisotopic (exact) mass is 640 g/mol. The van der Waals surface area contributed by atoms with Gasteiger partial charge in [0, 0.05) is 49.0 Å². The molecule has 3 heterocycles. The summed E-state index contributed by atoms with van der Waals surface area (Å²) < 4.78 is 104. The molecule has 9 nitrogen and oxygen atoms in total. The van der Waals surface area contributed by atoms with E-state index in [4.69, 9.17) is 16.3 Å². The van der Waals surface area contributed by atoms with Gasteiger partial charge in [-0.3, -0.25) is 4.72 Å². The predicted molar refractivity (Wildman–Crippen MR) is 149 cm³/mol. The Morgan fingerprint density at radius 1 is 1.02 bits per heavy atom. The van der Waals surface area contributed by atoms with E-state index in [2.05, 4.69) is 25.6 Å². The van der Waals surface area contributed by atoms with Gasteiger partial charge in [0.1, 0.15) is 17.7 Å². The topological polar surface area (TPSA) is 118 Å². The number of ether oxygens (including phenoxy) is 1. The lowest BCUT2D eigenvalue weighted by Crippen LogP contribution is -2.44. The van der Waals surface area contributed by atoms with Crippen LogP contribution >= 0.6 is 11.6 Å². The van der Waals surface area contributed by atoms with Gasteiger partial charge in [-0.2, -0.15) is 4.39 Å². The van der Waals surface area contributed by atoms with Gasteiger partial charge in [-0.1, -0.05) is 17.7 Å². The van der Waals surface area contributed by atoms with E-state index in [1.165, 1.54) is 30.6 Å². The van der Waals surface area contributed by atoms with Gasteiger partial charge < -0.3 is 15.4 Å². The first-order valence-corrected chi connectivity index (χ1v) is 14.7. The van der Waals surface area contributed by atoms with Crippen LogP contribution < -0.4 is 20.1 Å². The van der Waals surface area contributed by atoms with Crippen molar-refractivity contribution in [2.75, 3.05) is 23.1 Å². The first-order chi connectivity index (χ1) is 20.5. The molecular formula is C27H22ClF5N6O3S. The van der Waals surface area contributed by atoms with E-state index in [1.54, 1.807) is 4.72 Å². The minimum Gasteiger partial charge on any atom is -0.435 e. The number of sulfonamides is 1. The molecule has 0 amide bonds. The normalized spacial score (nSPS) is 17.0. The number of hydrogen-bond donors (Lipinski definition) is 3. The summed E-state index contributed by atoms with van der Waals surface area (Å²) in [6, 6.07) is 7.65. The fraction of sp³-hybridized carbons (Fsp3) is 0.222. The highest BCUT2D eigenvalue weighted by Crippen LogP contribution is 2.36. The van der Waals surface area contributed by atoms with Gasteiger partial charge in [-0.15, -0.1) is 0 Å². The summed E-state index contributed by atoms with van der Waals surface area (Å²) in [7, 11) is -4.52. The van der Waals surface area contributed by atoms with E-state index in [-0.39, 0.29) is 52.7 Å². The Kier molecular flexibility index (Phi) is 8.94. The first-order valence-electron chi connectivity index (χ1n) is 12.7. The SMILES string of the molecule is O=S(=O)(Cc1ccc(F)cc1Cl)Nc1c(F)cc(Oc2ncccc2-c2ccnc(N[C@@H]3CNC[C@@H](F)C3)n2)c(F)c1F. The highest BCUT2D eigenvalue weighted by Gasteiger charge is 2.26. The molecule has 1 fully saturated rings. The van der Waals surface area contributed by atoms with Crippen molar-refractivity contribution in [3.05, 3.63) is 88.7 Å². The number of benzene rings is 2. The number of rotatable bonds is 9. The molecule has 16 heteroatoms. The van der Waals surface area contributed by atoms with Crippen molar-refractivity contribution >= 4 is 33.3 Å². The Hall–Kier alpha value is -4.08. The van der Waals surface area contributed by atoms with Gasteiger partial charge in [0.2, 0.25) is 27.7 Å². The number of nitrogens with zero attached hydrogens (tertiary/aromatic N) is 3. The van der Waals surface area contributed by atoms with Crippen molar-refractivity contribution in [2.45, 2.75) is 24.4 Å². The Morgan fingerprint density at radius 2 is 1.84 bits per heavy atom. The van der Waals surface area contributed by atoms with Crippen LogP contribution in [0.5, 0.6) is 11.6 Å². The first kappa shape index (κ1) is 30.4. The minimum absolute atomic E-state index is 0.0513. The van der Waals surface area contributed by atoms with Gasteiger partial charge >= 0.3 is 0 Å². The van der Waals surface area contributed by atoms with Crippen molar-refractivity contribution in [1.82, 2.24) is 20.3 Å². The number of alkyl halides is 1. The van der Waals surface area contributed by atoms with Crippen LogP contribution in [0.2, 0.25) is 5.02 Å². The summed E-state index contributed by atoms with van der Waals surface area (Å²) in [4.78, 5) is 12.5. The fourth-order valence-corrected chi connectivity index (χ4v) is 5.85. The molecule has 1 aliphatic rings. The molecule has 43 heavy (non-hydrogen) atoms. The quantitative estimate of drug-likeness (QED) is 0.160. The third-order valence-electron chi connectivity index (χ3n) is 6.28. The highest BCUT2D eigenvalue weighted by atomic mass is 35.5. The molecule has 1 saturated heterocycles. The number of piperidine rings is 1. The molecule has 2 atom stereocenters.